The molecule has 0 aliphatic heterocycles. The van der Waals surface area contributed by atoms with E-state index in [1.165, 1.54) is 0 Å². The Bertz CT molecular complexity index is 400. The van der Waals surface area contributed by atoms with Crippen LogP contribution >= 0.6 is 0 Å². The fourth-order valence-electron chi connectivity index (χ4n) is 1.92. The average Bonchev–Trinajstić information content (AvgIpc) is 2.39. The highest BCUT2D eigenvalue weighted by atomic mass is 19.3. The molecule has 0 aliphatic rings. The Morgan fingerprint density at radius 1 is 1.24 bits per heavy atom. The number of nitrogens with zero attached hydrogens (tertiary/aromatic N) is 1. The van der Waals surface area contributed by atoms with Crippen LogP contribution < -0.4 is 10.1 Å². The zero-order valence-electron chi connectivity index (χ0n) is 13.1. The molecule has 1 rings (SSSR count). The van der Waals surface area contributed by atoms with Crippen molar-refractivity contribution in [2.45, 2.75) is 26.8 Å². The van der Waals surface area contributed by atoms with E-state index in [-0.39, 0.29) is 6.54 Å². The zero-order valence-corrected chi connectivity index (χ0v) is 13.1. The van der Waals surface area contributed by atoms with E-state index in [9.17, 15) is 8.78 Å². The molecule has 0 aromatic heterocycles. The van der Waals surface area contributed by atoms with Crippen LogP contribution in [0.25, 0.3) is 0 Å². The predicted octanol–water partition coefficient (Wildman–Crippen LogP) is 3.01. The summed E-state index contributed by atoms with van der Waals surface area (Å²) < 4.78 is 30.1. The molecule has 0 bridgehead atoms. The molecule has 0 aliphatic carbocycles. The lowest BCUT2D eigenvalue weighted by atomic mass is 10.2. The van der Waals surface area contributed by atoms with Gasteiger partial charge in [-0.05, 0) is 25.6 Å². The fourth-order valence-corrected chi connectivity index (χ4v) is 1.92. The SMILES string of the molecule is CC(C)CNCc1ccccc1OCCN(C)CC(F)F. The van der Waals surface area contributed by atoms with Gasteiger partial charge in [-0.15, -0.1) is 0 Å². The third-order valence-corrected chi connectivity index (χ3v) is 3.02. The van der Waals surface area contributed by atoms with Gasteiger partial charge in [-0.1, -0.05) is 32.0 Å². The lowest BCUT2D eigenvalue weighted by molar-refractivity contribution is 0.0934. The minimum atomic E-state index is -2.30. The van der Waals surface area contributed by atoms with Crippen LogP contribution in [0.5, 0.6) is 5.75 Å². The van der Waals surface area contributed by atoms with Crippen LogP contribution in [0.1, 0.15) is 19.4 Å². The first-order valence-electron chi connectivity index (χ1n) is 7.37. The lowest BCUT2D eigenvalue weighted by Gasteiger charge is -2.17. The van der Waals surface area contributed by atoms with Crippen molar-refractivity contribution in [2.24, 2.45) is 5.92 Å². The summed E-state index contributed by atoms with van der Waals surface area (Å²) in [4.78, 5) is 1.57. The topological polar surface area (TPSA) is 24.5 Å². The fraction of sp³-hybridized carbons (Fsp3) is 0.625. The monoisotopic (exact) mass is 300 g/mol. The molecule has 3 nitrogen and oxygen atoms in total. The molecule has 0 spiro atoms. The van der Waals surface area contributed by atoms with Gasteiger partial charge in [-0.2, -0.15) is 0 Å². The molecule has 1 N–H and O–H groups in total. The van der Waals surface area contributed by atoms with Gasteiger partial charge >= 0.3 is 0 Å². The van der Waals surface area contributed by atoms with E-state index in [4.69, 9.17) is 4.74 Å². The van der Waals surface area contributed by atoms with Crippen LogP contribution in [-0.4, -0.2) is 44.6 Å². The minimum absolute atomic E-state index is 0.221. The normalized spacial score (nSPS) is 11.6. The van der Waals surface area contributed by atoms with Gasteiger partial charge in [0.15, 0.2) is 0 Å². The highest BCUT2D eigenvalue weighted by molar-refractivity contribution is 5.33. The largest absolute Gasteiger partial charge is 0.492 e. The molecule has 120 valence electrons. The van der Waals surface area contributed by atoms with Gasteiger partial charge in [0.25, 0.3) is 6.43 Å². The average molecular weight is 300 g/mol. The molecule has 5 heteroatoms. The van der Waals surface area contributed by atoms with Crippen LogP contribution in [-0.2, 0) is 6.54 Å². The number of likely N-dealkylation sites (N-methyl/N-ethyl adjacent to an activating group) is 1. The van der Waals surface area contributed by atoms with Crippen molar-refractivity contribution < 1.29 is 13.5 Å². The Morgan fingerprint density at radius 2 is 1.95 bits per heavy atom. The van der Waals surface area contributed by atoms with E-state index in [0.717, 1.165) is 24.4 Å². The maximum absolute atomic E-state index is 12.2. The zero-order chi connectivity index (χ0) is 15.7. The Labute approximate surface area is 126 Å². The molecule has 1 aromatic carbocycles. The van der Waals surface area contributed by atoms with Crippen LogP contribution in [0.4, 0.5) is 8.78 Å². The van der Waals surface area contributed by atoms with Crippen molar-refractivity contribution in [3.8, 4) is 5.75 Å². The second kappa shape index (κ2) is 9.68. The summed E-state index contributed by atoms with van der Waals surface area (Å²) in [6, 6.07) is 7.83. The first kappa shape index (κ1) is 17.9. The number of alkyl halides is 2. The summed E-state index contributed by atoms with van der Waals surface area (Å²) in [5, 5.41) is 3.38. The van der Waals surface area contributed by atoms with Gasteiger partial charge in [0.1, 0.15) is 12.4 Å². The number of benzene rings is 1. The van der Waals surface area contributed by atoms with Crippen molar-refractivity contribution in [3.05, 3.63) is 29.8 Å². The summed E-state index contributed by atoms with van der Waals surface area (Å²) in [6.45, 7) is 6.69. The maximum Gasteiger partial charge on any atom is 0.251 e. The van der Waals surface area contributed by atoms with Gasteiger partial charge in [0.05, 0.1) is 6.54 Å². The van der Waals surface area contributed by atoms with Crippen molar-refractivity contribution in [1.82, 2.24) is 10.2 Å². The van der Waals surface area contributed by atoms with E-state index >= 15 is 0 Å². The molecule has 0 saturated heterocycles. The Kier molecular flexibility index (Phi) is 8.23. The minimum Gasteiger partial charge on any atom is -0.492 e. The van der Waals surface area contributed by atoms with E-state index in [1.54, 1.807) is 11.9 Å². The molecule has 21 heavy (non-hydrogen) atoms. The van der Waals surface area contributed by atoms with E-state index in [0.29, 0.717) is 19.1 Å². The third kappa shape index (κ3) is 7.97. The van der Waals surface area contributed by atoms with Crippen LogP contribution in [0.2, 0.25) is 0 Å². The van der Waals surface area contributed by atoms with Crippen molar-refractivity contribution in [2.75, 3.05) is 33.3 Å². The third-order valence-electron chi connectivity index (χ3n) is 3.02. The van der Waals surface area contributed by atoms with Crippen LogP contribution in [0.3, 0.4) is 0 Å². The summed E-state index contributed by atoms with van der Waals surface area (Å²) in [5.41, 5.74) is 1.09. The molecule has 0 heterocycles. The molecular formula is C16H26F2N2O. The number of halogens is 2. The van der Waals surface area contributed by atoms with Crippen molar-refractivity contribution in [1.29, 1.82) is 0 Å². The molecule has 1 aromatic rings. The van der Waals surface area contributed by atoms with Gasteiger partial charge < -0.3 is 10.1 Å². The van der Waals surface area contributed by atoms with Crippen LogP contribution in [0, 0.1) is 5.92 Å². The molecule has 0 atom stereocenters. The van der Waals surface area contributed by atoms with Gasteiger partial charge in [-0.3, -0.25) is 4.90 Å². The van der Waals surface area contributed by atoms with Crippen molar-refractivity contribution in [3.63, 3.8) is 0 Å². The van der Waals surface area contributed by atoms with E-state index in [1.807, 2.05) is 24.3 Å². The quantitative estimate of drug-likeness (QED) is 0.719. The first-order valence-corrected chi connectivity index (χ1v) is 7.37. The number of rotatable bonds is 10. The molecule has 0 amide bonds. The maximum atomic E-state index is 12.2. The standard InChI is InChI=1S/C16H26F2N2O/c1-13(2)10-19-11-14-6-4-5-7-15(14)21-9-8-20(3)12-16(17)18/h4-7,13,16,19H,8-12H2,1-3H3. The second-order valence-electron chi connectivity index (χ2n) is 5.63. The molecule has 0 radical (unpaired) electrons. The Morgan fingerprint density at radius 3 is 2.62 bits per heavy atom. The van der Waals surface area contributed by atoms with Crippen molar-refractivity contribution >= 4 is 0 Å². The smallest absolute Gasteiger partial charge is 0.251 e. The van der Waals surface area contributed by atoms with Crippen LogP contribution in [0.15, 0.2) is 24.3 Å². The Balaban J connectivity index is 2.40. The first-order chi connectivity index (χ1) is 9.99. The van der Waals surface area contributed by atoms with Gasteiger partial charge in [0, 0.05) is 18.7 Å². The highest BCUT2D eigenvalue weighted by Gasteiger charge is 2.08. The lowest BCUT2D eigenvalue weighted by Crippen LogP contribution is -2.29. The number of hydrogen-bond donors (Lipinski definition) is 1. The molecular weight excluding hydrogens is 274 g/mol. The van der Waals surface area contributed by atoms with Gasteiger partial charge in [-0.25, -0.2) is 8.78 Å². The second-order valence-corrected chi connectivity index (χ2v) is 5.63. The Hall–Kier alpha value is -1.20. The highest BCUT2D eigenvalue weighted by Crippen LogP contribution is 2.17. The van der Waals surface area contributed by atoms with Gasteiger partial charge in [0.2, 0.25) is 0 Å². The molecule has 0 unspecified atom stereocenters. The number of nitrogens with one attached hydrogen (secondary N) is 1. The molecule has 0 fully saturated rings. The number of para-hydroxylation sites is 1. The summed E-state index contributed by atoms with van der Waals surface area (Å²) >= 11 is 0. The molecule has 0 saturated carbocycles. The summed E-state index contributed by atoms with van der Waals surface area (Å²) in [5.74, 6) is 1.42. The number of hydrogen-bond acceptors (Lipinski definition) is 3. The van der Waals surface area contributed by atoms with E-state index in [2.05, 4.69) is 19.2 Å². The number of ether oxygens (including phenoxy) is 1. The summed E-state index contributed by atoms with van der Waals surface area (Å²) in [6.07, 6.45) is -2.30. The van der Waals surface area contributed by atoms with E-state index < -0.39 is 6.43 Å². The predicted molar refractivity (Wildman–Crippen MR) is 82.0 cm³/mol. The summed E-state index contributed by atoms with van der Waals surface area (Å²) in [7, 11) is 1.67.